The molecule has 1 aromatic rings. The molecule has 2 rings (SSSR count). The number of piperidine rings is 1. The zero-order valence-corrected chi connectivity index (χ0v) is 14.4. The van der Waals surface area contributed by atoms with Crippen molar-refractivity contribution in [3.8, 4) is 0 Å². The molecule has 1 aliphatic rings. The van der Waals surface area contributed by atoms with Gasteiger partial charge in [-0.1, -0.05) is 6.92 Å². The standard InChI is InChI=1S/C15H24N2O2S.ClH/c1-3-12-4-9-20-13(12)14(18)17-10-15(11-19-2)5-7-16-8-6-15;/h4,9,16H,3,5-8,10-11H2,1-2H3,(H,17,18);1H. The van der Waals surface area contributed by atoms with Gasteiger partial charge in [-0.2, -0.15) is 0 Å². The van der Waals surface area contributed by atoms with Crippen molar-refractivity contribution >= 4 is 29.7 Å². The molecule has 0 aromatic carbocycles. The zero-order chi connectivity index (χ0) is 14.4. The zero-order valence-electron chi connectivity index (χ0n) is 12.7. The Morgan fingerprint density at radius 1 is 1.48 bits per heavy atom. The van der Waals surface area contributed by atoms with E-state index in [1.54, 1.807) is 7.11 Å². The number of hydrogen-bond acceptors (Lipinski definition) is 4. The highest BCUT2D eigenvalue weighted by atomic mass is 35.5. The quantitative estimate of drug-likeness (QED) is 0.841. The normalized spacial score (nSPS) is 17.0. The molecule has 4 nitrogen and oxygen atoms in total. The molecular formula is C15H25ClN2O2S. The van der Waals surface area contributed by atoms with E-state index in [-0.39, 0.29) is 23.7 Å². The Labute approximate surface area is 137 Å². The minimum absolute atomic E-state index is 0. The van der Waals surface area contributed by atoms with Gasteiger partial charge in [0.05, 0.1) is 11.5 Å². The van der Waals surface area contributed by atoms with Gasteiger partial charge in [-0.15, -0.1) is 23.7 Å². The largest absolute Gasteiger partial charge is 0.384 e. The van der Waals surface area contributed by atoms with Gasteiger partial charge in [-0.25, -0.2) is 0 Å². The molecule has 2 N–H and O–H groups in total. The van der Waals surface area contributed by atoms with Crippen molar-refractivity contribution in [2.24, 2.45) is 5.41 Å². The molecule has 0 saturated carbocycles. The summed E-state index contributed by atoms with van der Waals surface area (Å²) in [5, 5.41) is 8.47. The van der Waals surface area contributed by atoms with Gasteiger partial charge in [0.2, 0.25) is 0 Å². The van der Waals surface area contributed by atoms with Crippen molar-refractivity contribution in [1.82, 2.24) is 10.6 Å². The topological polar surface area (TPSA) is 50.4 Å². The molecule has 0 bridgehead atoms. The van der Waals surface area contributed by atoms with Gasteiger partial charge in [0.1, 0.15) is 0 Å². The Kier molecular flexibility index (Phi) is 7.66. The molecule has 0 unspecified atom stereocenters. The van der Waals surface area contributed by atoms with Gasteiger partial charge in [-0.3, -0.25) is 4.79 Å². The summed E-state index contributed by atoms with van der Waals surface area (Å²) in [7, 11) is 1.74. The van der Waals surface area contributed by atoms with Crippen molar-refractivity contribution in [2.75, 3.05) is 33.4 Å². The minimum Gasteiger partial charge on any atom is -0.384 e. The molecule has 0 atom stereocenters. The van der Waals surface area contributed by atoms with Gasteiger partial charge < -0.3 is 15.4 Å². The summed E-state index contributed by atoms with van der Waals surface area (Å²) < 4.78 is 5.38. The second kappa shape index (κ2) is 8.73. The molecule has 21 heavy (non-hydrogen) atoms. The van der Waals surface area contributed by atoms with Gasteiger partial charge in [0.25, 0.3) is 5.91 Å². The van der Waals surface area contributed by atoms with E-state index in [1.807, 2.05) is 11.4 Å². The molecule has 0 spiro atoms. The highest BCUT2D eigenvalue weighted by molar-refractivity contribution is 7.12. The van der Waals surface area contributed by atoms with Crippen LogP contribution < -0.4 is 10.6 Å². The van der Waals surface area contributed by atoms with E-state index in [0.29, 0.717) is 13.2 Å². The first-order valence-corrected chi connectivity index (χ1v) is 8.13. The second-order valence-corrected chi connectivity index (χ2v) is 6.41. The fourth-order valence-corrected chi connectivity index (χ4v) is 3.71. The van der Waals surface area contributed by atoms with Crippen LogP contribution in [0.1, 0.15) is 35.0 Å². The summed E-state index contributed by atoms with van der Waals surface area (Å²) in [5.74, 6) is 0.0610. The van der Waals surface area contributed by atoms with Gasteiger partial charge in [0.15, 0.2) is 0 Å². The number of amides is 1. The van der Waals surface area contributed by atoms with Crippen molar-refractivity contribution in [3.05, 3.63) is 21.9 Å². The maximum Gasteiger partial charge on any atom is 0.261 e. The second-order valence-electron chi connectivity index (χ2n) is 5.49. The van der Waals surface area contributed by atoms with E-state index < -0.39 is 0 Å². The third-order valence-electron chi connectivity index (χ3n) is 4.07. The number of thiophene rings is 1. The molecule has 0 aliphatic carbocycles. The van der Waals surface area contributed by atoms with E-state index in [1.165, 1.54) is 11.3 Å². The van der Waals surface area contributed by atoms with E-state index in [9.17, 15) is 4.79 Å². The van der Waals surface area contributed by atoms with E-state index in [2.05, 4.69) is 17.6 Å². The number of hydrogen-bond donors (Lipinski definition) is 2. The first-order chi connectivity index (χ1) is 9.71. The fraction of sp³-hybridized carbons (Fsp3) is 0.667. The van der Waals surface area contributed by atoms with E-state index in [4.69, 9.17) is 4.74 Å². The summed E-state index contributed by atoms with van der Waals surface area (Å²) in [6.07, 6.45) is 3.00. The monoisotopic (exact) mass is 332 g/mol. The van der Waals surface area contributed by atoms with Crippen LogP contribution in [0, 0.1) is 5.41 Å². The molecule has 120 valence electrons. The number of carbonyl (C=O) groups excluding carboxylic acids is 1. The van der Waals surface area contributed by atoms with Crippen LogP contribution in [0.2, 0.25) is 0 Å². The SMILES string of the molecule is CCc1ccsc1C(=O)NCC1(COC)CCNCC1.Cl. The third kappa shape index (κ3) is 4.68. The summed E-state index contributed by atoms with van der Waals surface area (Å²) in [5.41, 5.74) is 1.22. The lowest BCUT2D eigenvalue weighted by atomic mass is 9.79. The molecular weight excluding hydrogens is 308 g/mol. The van der Waals surface area contributed by atoms with Crippen LogP contribution in [0.5, 0.6) is 0 Å². The minimum atomic E-state index is 0. The molecule has 6 heteroatoms. The molecule has 2 heterocycles. The number of carbonyl (C=O) groups is 1. The summed E-state index contributed by atoms with van der Waals surface area (Å²) in [6.45, 7) is 5.48. The highest BCUT2D eigenvalue weighted by Crippen LogP contribution is 2.28. The fourth-order valence-electron chi connectivity index (χ4n) is 2.80. The van der Waals surface area contributed by atoms with Gasteiger partial charge in [0, 0.05) is 19.1 Å². The number of rotatable bonds is 6. The van der Waals surface area contributed by atoms with E-state index >= 15 is 0 Å². The van der Waals surface area contributed by atoms with Gasteiger partial charge in [-0.05, 0) is 49.4 Å². The Morgan fingerprint density at radius 2 is 2.19 bits per heavy atom. The van der Waals surface area contributed by atoms with Crippen molar-refractivity contribution in [2.45, 2.75) is 26.2 Å². The molecule has 1 aliphatic heterocycles. The molecule has 1 fully saturated rings. The van der Waals surface area contributed by atoms with Crippen molar-refractivity contribution in [3.63, 3.8) is 0 Å². The van der Waals surface area contributed by atoms with E-state index in [0.717, 1.165) is 42.8 Å². The Morgan fingerprint density at radius 3 is 2.81 bits per heavy atom. The van der Waals surface area contributed by atoms with Crippen LogP contribution in [-0.2, 0) is 11.2 Å². The Bertz CT molecular complexity index is 439. The lowest BCUT2D eigenvalue weighted by Crippen LogP contribution is -2.47. The highest BCUT2D eigenvalue weighted by Gasteiger charge is 2.32. The van der Waals surface area contributed by atoms with Crippen LogP contribution in [0.15, 0.2) is 11.4 Å². The van der Waals surface area contributed by atoms with Crippen LogP contribution in [0.4, 0.5) is 0 Å². The predicted octanol–water partition coefficient (Wildman–Crippen LogP) is 2.48. The maximum atomic E-state index is 12.3. The van der Waals surface area contributed by atoms with Gasteiger partial charge >= 0.3 is 0 Å². The van der Waals surface area contributed by atoms with Crippen LogP contribution >= 0.6 is 23.7 Å². The molecule has 1 saturated heterocycles. The average molecular weight is 333 g/mol. The Hall–Kier alpha value is -0.620. The third-order valence-corrected chi connectivity index (χ3v) is 5.03. The number of methoxy groups -OCH3 is 1. The van der Waals surface area contributed by atoms with Crippen LogP contribution in [-0.4, -0.2) is 39.3 Å². The number of nitrogens with one attached hydrogen (secondary N) is 2. The summed E-state index contributed by atoms with van der Waals surface area (Å²) in [6, 6.07) is 2.04. The van der Waals surface area contributed by atoms with Crippen LogP contribution in [0.25, 0.3) is 0 Å². The lowest BCUT2D eigenvalue weighted by molar-refractivity contribution is 0.0512. The summed E-state index contributed by atoms with van der Waals surface area (Å²) >= 11 is 1.53. The van der Waals surface area contributed by atoms with Crippen molar-refractivity contribution < 1.29 is 9.53 Å². The smallest absolute Gasteiger partial charge is 0.261 e. The van der Waals surface area contributed by atoms with Crippen molar-refractivity contribution in [1.29, 1.82) is 0 Å². The molecule has 1 amide bonds. The first-order valence-electron chi connectivity index (χ1n) is 7.25. The van der Waals surface area contributed by atoms with Crippen LogP contribution in [0.3, 0.4) is 0 Å². The molecule has 0 radical (unpaired) electrons. The maximum absolute atomic E-state index is 12.3. The first kappa shape index (κ1) is 18.4. The predicted molar refractivity (Wildman–Crippen MR) is 89.7 cm³/mol. The Balaban J connectivity index is 0.00000220. The lowest BCUT2D eigenvalue weighted by Gasteiger charge is -2.37. The summed E-state index contributed by atoms with van der Waals surface area (Å²) in [4.78, 5) is 13.2. The average Bonchev–Trinajstić information content (AvgIpc) is 2.95. The number of ether oxygens (including phenoxy) is 1. The molecule has 1 aromatic heterocycles. The number of halogens is 1. The number of aryl methyl sites for hydroxylation is 1.